The van der Waals surface area contributed by atoms with Gasteiger partial charge in [-0.05, 0) is 60.2 Å². The van der Waals surface area contributed by atoms with E-state index in [-0.39, 0.29) is 11.9 Å². The standard InChI is InChI=1S/C30H29N3O2/c1-21-19-33(20-31-21)28-15-12-23(18-29(28)35-2)17-25(16-22-8-4-3-5-9-22)30(34)32-27-14-13-24-10-6-7-11-26(24)27/h3-12,15,17-20,27H,13-14,16H2,1-2H3,(H,32,34). The summed E-state index contributed by atoms with van der Waals surface area (Å²) in [6.45, 7) is 1.96. The summed E-state index contributed by atoms with van der Waals surface area (Å²) in [6, 6.07) is 24.5. The van der Waals surface area contributed by atoms with Gasteiger partial charge in [0.2, 0.25) is 5.91 Å². The van der Waals surface area contributed by atoms with E-state index in [1.165, 1.54) is 11.1 Å². The average Bonchev–Trinajstić information content (AvgIpc) is 3.50. The number of ether oxygens (including phenoxy) is 1. The Labute approximate surface area is 206 Å². The Morgan fingerprint density at radius 1 is 1.11 bits per heavy atom. The van der Waals surface area contributed by atoms with Crippen molar-refractivity contribution in [2.75, 3.05) is 7.11 Å². The summed E-state index contributed by atoms with van der Waals surface area (Å²) in [7, 11) is 1.66. The molecule has 1 unspecified atom stereocenters. The van der Waals surface area contributed by atoms with Crippen LogP contribution in [0.25, 0.3) is 11.8 Å². The number of nitrogens with zero attached hydrogens (tertiary/aromatic N) is 2. The second-order valence-electron chi connectivity index (χ2n) is 8.95. The smallest absolute Gasteiger partial charge is 0.248 e. The SMILES string of the molecule is COc1cc(C=C(Cc2ccccc2)C(=O)NC2CCc3ccccc32)ccc1-n1cnc(C)c1. The average molecular weight is 464 g/mol. The number of rotatable bonds is 7. The summed E-state index contributed by atoms with van der Waals surface area (Å²) in [5, 5.41) is 3.29. The van der Waals surface area contributed by atoms with Gasteiger partial charge < -0.3 is 14.6 Å². The first kappa shape index (κ1) is 22.7. The molecule has 5 heteroatoms. The molecular weight excluding hydrogens is 434 g/mol. The van der Waals surface area contributed by atoms with Crippen molar-refractivity contribution in [3.8, 4) is 11.4 Å². The van der Waals surface area contributed by atoms with E-state index in [9.17, 15) is 4.79 Å². The minimum atomic E-state index is -0.0381. The quantitative estimate of drug-likeness (QED) is 0.362. The Morgan fingerprint density at radius 2 is 1.91 bits per heavy atom. The fourth-order valence-electron chi connectivity index (χ4n) is 4.72. The van der Waals surface area contributed by atoms with Crippen LogP contribution in [0.1, 0.15) is 40.4 Å². The Hall–Kier alpha value is -4.12. The van der Waals surface area contributed by atoms with E-state index < -0.39 is 0 Å². The molecule has 1 aliphatic rings. The molecule has 5 rings (SSSR count). The van der Waals surface area contributed by atoms with E-state index in [1.54, 1.807) is 13.4 Å². The lowest BCUT2D eigenvalue weighted by molar-refractivity contribution is -0.118. The van der Waals surface area contributed by atoms with Crippen LogP contribution < -0.4 is 10.1 Å². The molecule has 35 heavy (non-hydrogen) atoms. The molecule has 1 N–H and O–H groups in total. The number of carbonyl (C=O) groups is 1. The number of aromatic nitrogens is 2. The van der Waals surface area contributed by atoms with Crippen molar-refractivity contribution in [3.63, 3.8) is 0 Å². The third kappa shape index (κ3) is 5.04. The van der Waals surface area contributed by atoms with E-state index in [0.29, 0.717) is 12.0 Å². The van der Waals surface area contributed by atoms with Gasteiger partial charge in [-0.3, -0.25) is 4.79 Å². The maximum atomic E-state index is 13.5. The number of hydrogen-bond donors (Lipinski definition) is 1. The predicted octanol–water partition coefficient (Wildman–Crippen LogP) is 5.62. The highest BCUT2D eigenvalue weighted by Gasteiger charge is 2.24. The Bertz CT molecular complexity index is 1370. The molecule has 0 saturated carbocycles. The Morgan fingerprint density at radius 3 is 2.69 bits per heavy atom. The molecule has 0 fully saturated rings. The van der Waals surface area contributed by atoms with Gasteiger partial charge in [0.15, 0.2) is 0 Å². The molecule has 1 aliphatic carbocycles. The van der Waals surface area contributed by atoms with Crippen LogP contribution in [0.2, 0.25) is 0 Å². The second-order valence-corrected chi connectivity index (χ2v) is 8.95. The third-order valence-corrected chi connectivity index (χ3v) is 6.50. The summed E-state index contributed by atoms with van der Waals surface area (Å²) >= 11 is 0. The second kappa shape index (κ2) is 10.0. The van der Waals surface area contributed by atoms with Gasteiger partial charge in [0.1, 0.15) is 5.75 Å². The highest BCUT2D eigenvalue weighted by molar-refractivity contribution is 5.98. The van der Waals surface area contributed by atoms with Crippen LogP contribution in [-0.4, -0.2) is 22.6 Å². The van der Waals surface area contributed by atoms with Crippen molar-refractivity contribution in [2.45, 2.75) is 32.2 Å². The first-order valence-electron chi connectivity index (χ1n) is 11.9. The summed E-state index contributed by atoms with van der Waals surface area (Å²) in [5.41, 5.74) is 7.11. The lowest BCUT2D eigenvalue weighted by atomic mass is 10.0. The fourth-order valence-corrected chi connectivity index (χ4v) is 4.72. The largest absolute Gasteiger partial charge is 0.495 e. The lowest BCUT2D eigenvalue weighted by Crippen LogP contribution is -2.29. The molecule has 5 nitrogen and oxygen atoms in total. The molecule has 1 amide bonds. The van der Waals surface area contributed by atoms with Gasteiger partial charge in [-0.1, -0.05) is 60.7 Å². The molecule has 3 aromatic carbocycles. The van der Waals surface area contributed by atoms with Crippen LogP contribution >= 0.6 is 0 Å². The van der Waals surface area contributed by atoms with Crippen molar-refractivity contribution >= 4 is 12.0 Å². The zero-order chi connectivity index (χ0) is 24.2. The molecule has 1 atom stereocenters. The molecular formula is C30H29N3O2. The van der Waals surface area contributed by atoms with Crippen LogP contribution in [0.15, 0.2) is 90.9 Å². The third-order valence-electron chi connectivity index (χ3n) is 6.50. The van der Waals surface area contributed by atoms with Crippen LogP contribution in [0.3, 0.4) is 0 Å². The van der Waals surface area contributed by atoms with Gasteiger partial charge in [0.25, 0.3) is 0 Å². The van der Waals surface area contributed by atoms with Crippen molar-refractivity contribution < 1.29 is 9.53 Å². The zero-order valence-corrected chi connectivity index (χ0v) is 20.1. The summed E-state index contributed by atoms with van der Waals surface area (Å²) < 4.78 is 7.62. The zero-order valence-electron chi connectivity index (χ0n) is 20.1. The minimum Gasteiger partial charge on any atom is -0.495 e. The number of aryl methyl sites for hydroxylation is 2. The summed E-state index contributed by atoms with van der Waals surface area (Å²) in [4.78, 5) is 17.9. The number of benzene rings is 3. The Balaban J connectivity index is 1.46. The minimum absolute atomic E-state index is 0.0381. The fraction of sp³-hybridized carbons (Fsp3) is 0.200. The Kier molecular flexibility index (Phi) is 6.49. The van der Waals surface area contributed by atoms with Gasteiger partial charge in [0, 0.05) is 18.2 Å². The number of imidazole rings is 1. The van der Waals surface area contributed by atoms with Crippen molar-refractivity contribution in [2.24, 2.45) is 0 Å². The van der Waals surface area contributed by atoms with Gasteiger partial charge >= 0.3 is 0 Å². The topological polar surface area (TPSA) is 56.1 Å². The van der Waals surface area contributed by atoms with E-state index in [0.717, 1.165) is 41.1 Å². The molecule has 1 aromatic heterocycles. The highest BCUT2D eigenvalue weighted by Crippen LogP contribution is 2.31. The number of carbonyl (C=O) groups excluding carboxylic acids is 1. The normalized spacial score (nSPS) is 15.0. The van der Waals surface area contributed by atoms with E-state index in [1.807, 2.05) is 66.2 Å². The molecule has 0 spiro atoms. The monoisotopic (exact) mass is 463 g/mol. The van der Waals surface area contributed by atoms with Gasteiger partial charge in [-0.25, -0.2) is 4.98 Å². The molecule has 0 bridgehead atoms. The first-order valence-corrected chi connectivity index (χ1v) is 11.9. The van der Waals surface area contributed by atoms with Crippen LogP contribution in [-0.2, 0) is 17.6 Å². The van der Waals surface area contributed by atoms with E-state index in [2.05, 4.69) is 40.6 Å². The van der Waals surface area contributed by atoms with Crippen molar-refractivity contribution in [1.29, 1.82) is 0 Å². The molecule has 176 valence electrons. The lowest BCUT2D eigenvalue weighted by Gasteiger charge is -2.17. The maximum Gasteiger partial charge on any atom is 0.248 e. The number of nitrogens with one attached hydrogen (secondary N) is 1. The van der Waals surface area contributed by atoms with Gasteiger partial charge in [-0.2, -0.15) is 0 Å². The molecule has 1 heterocycles. The maximum absolute atomic E-state index is 13.5. The van der Waals surface area contributed by atoms with Crippen LogP contribution in [0.4, 0.5) is 0 Å². The molecule has 0 saturated heterocycles. The number of amides is 1. The summed E-state index contributed by atoms with van der Waals surface area (Å²) in [5.74, 6) is 0.684. The number of fused-ring (bicyclic) bond motifs is 1. The van der Waals surface area contributed by atoms with E-state index in [4.69, 9.17) is 4.74 Å². The molecule has 0 aliphatic heterocycles. The predicted molar refractivity (Wildman–Crippen MR) is 139 cm³/mol. The molecule has 0 radical (unpaired) electrons. The first-order chi connectivity index (χ1) is 17.1. The molecule has 4 aromatic rings. The van der Waals surface area contributed by atoms with Crippen LogP contribution in [0.5, 0.6) is 5.75 Å². The van der Waals surface area contributed by atoms with Crippen molar-refractivity contribution in [1.82, 2.24) is 14.9 Å². The van der Waals surface area contributed by atoms with Gasteiger partial charge in [-0.15, -0.1) is 0 Å². The summed E-state index contributed by atoms with van der Waals surface area (Å²) in [6.07, 6.45) is 8.17. The van der Waals surface area contributed by atoms with Crippen LogP contribution in [0, 0.1) is 6.92 Å². The van der Waals surface area contributed by atoms with E-state index >= 15 is 0 Å². The van der Waals surface area contributed by atoms with Crippen molar-refractivity contribution in [3.05, 3.63) is 119 Å². The highest BCUT2D eigenvalue weighted by atomic mass is 16.5. The van der Waals surface area contributed by atoms with Gasteiger partial charge in [0.05, 0.1) is 30.9 Å². The number of hydrogen-bond acceptors (Lipinski definition) is 3. The number of methoxy groups -OCH3 is 1.